The van der Waals surface area contributed by atoms with Crippen molar-refractivity contribution < 1.29 is 19.0 Å². The van der Waals surface area contributed by atoms with Crippen LogP contribution in [0.5, 0.6) is 11.5 Å². The Bertz CT molecular complexity index is 654. The van der Waals surface area contributed by atoms with Gasteiger partial charge in [-0.3, -0.25) is 4.79 Å². The molecule has 1 fully saturated rings. The van der Waals surface area contributed by atoms with E-state index in [-0.39, 0.29) is 23.5 Å². The lowest BCUT2D eigenvalue weighted by molar-refractivity contribution is -0.117. The molecule has 1 amide bonds. The highest BCUT2D eigenvalue weighted by Crippen LogP contribution is 2.40. The number of ether oxygens (including phenoxy) is 3. The van der Waals surface area contributed by atoms with E-state index >= 15 is 0 Å². The lowest BCUT2D eigenvalue weighted by atomic mass is 9.74. The first-order valence-electron chi connectivity index (χ1n) is 8.83. The molecular weight excluding hydrogens is 318 g/mol. The predicted molar refractivity (Wildman–Crippen MR) is 95.9 cm³/mol. The van der Waals surface area contributed by atoms with Crippen molar-refractivity contribution in [1.82, 2.24) is 5.32 Å². The number of nitrogens with one attached hydrogen (secondary N) is 1. The fraction of sp³-hybridized carbons (Fsp3) is 0.550. The molecule has 1 saturated heterocycles. The number of hydrogen-bond donors (Lipinski definition) is 1. The number of hydrogen-bond acceptors (Lipinski definition) is 4. The predicted octanol–water partition coefficient (Wildman–Crippen LogP) is 3.18. The Balaban J connectivity index is 1.75. The molecule has 2 aliphatic rings. The fourth-order valence-corrected chi connectivity index (χ4v) is 3.20. The van der Waals surface area contributed by atoms with E-state index in [1.54, 1.807) is 6.08 Å². The topological polar surface area (TPSA) is 56.8 Å². The molecule has 5 heteroatoms. The molecule has 1 aromatic rings. The third-order valence-electron chi connectivity index (χ3n) is 4.77. The van der Waals surface area contributed by atoms with Gasteiger partial charge in [0.2, 0.25) is 12.7 Å². The first kappa shape index (κ1) is 17.8. The van der Waals surface area contributed by atoms with Crippen molar-refractivity contribution in [1.29, 1.82) is 0 Å². The largest absolute Gasteiger partial charge is 0.454 e. The van der Waals surface area contributed by atoms with Crippen LogP contribution in [0, 0.1) is 5.41 Å². The van der Waals surface area contributed by atoms with Gasteiger partial charge in [-0.25, -0.2) is 0 Å². The van der Waals surface area contributed by atoms with Gasteiger partial charge in [0.25, 0.3) is 0 Å². The van der Waals surface area contributed by atoms with Gasteiger partial charge in [-0.1, -0.05) is 32.9 Å². The van der Waals surface area contributed by atoms with Crippen molar-refractivity contribution in [2.75, 3.05) is 26.6 Å². The summed E-state index contributed by atoms with van der Waals surface area (Å²) in [7, 11) is 0. The van der Waals surface area contributed by atoms with Crippen LogP contribution in [0.2, 0.25) is 0 Å². The average molecular weight is 345 g/mol. The molecule has 3 rings (SSSR count). The lowest BCUT2D eigenvalue weighted by Crippen LogP contribution is -2.44. The summed E-state index contributed by atoms with van der Waals surface area (Å²) in [4.78, 5) is 12.2. The van der Waals surface area contributed by atoms with Crippen molar-refractivity contribution in [2.24, 2.45) is 5.41 Å². The first-order chi connectivity index (χ1) is 11.9. The third-order valence-corrected chi connectivity index (χ3v) is 4.77. The Hall–Kier alpha value is -2.01. The minimum absolute atomic E-state index is 0.00890. The molecule has 0 saturated carbocycles. The molecule has 0 aliphatic carbocycles. The van der Waals surface area contributed by atoms with E-state index < -0.39 is 0 Å². The van der Waals surface area contributed by atoms with Gasteiger partial charge < -0.3 is 19.5 Å². The molecule has 0 unspecified atom stereocenters. The molecule has 0 spiro atoms. The highest BCUT2D eigenvalue weighted by molar-refractivity contribution is 5.87. The Morgan fingerprint density at radius 3 is 2.64 bits per heavy atom. The number of amides is 1. The number of carbonyl (C=O) groups excluding carboxylic acids is 1. The Labute approximate surface area is 149 Å². The van der Waals surface area contributed by atoms with Crippen LogP contribution in [0.15, 0.2) is 30.4 Å². The number of carbonyl (C=O) groups is 1. The molecule has 1 aromatic carbocycles. The van der Waals surface area contributed by atoms with Crippen molar-refractivity contribution in [3.8, 4) is 11.5 Å². The van der Waals surface area contributed by atoms with Gasteiger partial charge in [0.05, 0.1) is 0 Å². The second-order valence-electron chi connectivity index (χ2n) is 7.88. The van der Waals surface area contributed by atoms with E-state index in [9.17, 15) is 4.79 Å². The molecule has 136 valence electrons. The summed E-state index contributed by atoms with van der Waals surface area (Å²) in [5.41, 5.74) is 1.02. The van der Waals surface area contributed by atoms with Crippen LogP contribution in [-0.4, -0.2) is 32.5 Å². The van der Waals surface area contributed by atoms with Crippen LogP contribution >= 0.6 is 0 Å². The van der Waals surface area contributed by atoms with E-state index in [4.69, 9.17) is 14.2 Å². The van der Waals surface area contributed by atoms with E-state index in [0.29, 0.717) is 19.8 Å². The molecule has 0 aromatic heterocycles. The van der Waals surface area contributed by atoms with Crippen LogP contribution in [0.4, 0.5) is 0 Å². The van der Waals surface area contributed by atoms with Crippen LogP contribution in [0.25, 0.3) is 0 Å². The van der Waals surface area contributed by atoms with Gasteiger partial charge in [-0.05, 0) is 42.0 Å². The number of allylic oxidation sites excluding steroid dienone is 1. The second kappa shape index (κ2) is 7.08. The monoisotopic (exact) mass is 345 g/mol. The van der Waals surface area contributed by atoms with Crippen LogP contribution < -0.4 is 14.8 Å². The summed E-state index contributed by atoms with van der Waals surface area (Å²) in [5, 5.41) is 3.08. The summed E-state index contributed by atoms with van der Waals surface area (Å²) in [5.74, 6) is 1.51. The zero-order valence-corrected chi connectivity index (χ0v) is 15.3. The fourth-order valence-electron chi connectivity index (χ4n) is 3.20. The van der Waals surface area contributed by atoms with E-state index in [0.717, 1.165) is 24.3 Å². The maximum Gasteiger partial charge on any atom is 0.243 e. The van der Waals surface area contributed by atoms with Gasteiger partial charge in [0, 0.05) is 25.2 Å². The molecular formula is C20H27NO4. The average Bonchev–Trinajstić information content (AvgIpc) is 3.06. The summed E-state index contributed by atoms with van der Waals surface area (Å²) < 4.78 is 16.5. The number of rotatable bonds is 4. The molecule has 2 heterocycles. The zero-order chi connectivity index (χ0) is 17.9. The van der Waals surface area contributed by atoms with Crippen LogP contribution in [0.1, 0.15) is 39.2 Å². The molecule has 1 N–H and O–H groups in total. The molecule has 2 aliphatic heterocycles. The Morgan fingerprint density at radius 1 is 1.20 bits per heavy atom. The van der Waals surface area contributed by atoms with Gasteiger partial charge in [-0.2, -0.15) is 0 Å². The molecule has 0 radical (unpaired) electrons. The normalized spacial score (nSPS) is 19.2. The molecule has 5 nitrogen and oxygen atoms in total. The van der Waals surface area contributed by atoms with Crippen LogP contribution in [-0.2, 0) is 14.9 Å². The third kappa shape index (κ3) is 4.34. The summed E-state index contributed by atoms with van der Waals surface area (Å²) in [6.45, 7) is 8.47. The van der Waals surface area contributed by atoms with Crippen molar-refractivity contribution >= 4 is 5.91 Å². The summed E-state index contributed by atoms with van der Waals surface area (Å²) in [6.07, 6.45) is 5.30. The number of fused-ring (bicyclic) bond motifs is 1. The zero-order valence-electron chi connectivity index (χ0n) is 15.3. The Morgan fingerprint density at radius 2 is 1.92 bits per heavy atom. The molecule has 0 bridgehead atoms. The minimum atomic E-state index is -0.134. The highest BCUT2D eigenvalue weighted by Gasteiger charge is 2.35. The quantitative estimate of drug-likeness (QED) is 0.852. The van der Waals surface area contributed by atoms with E-state index in [1.165, 1.54) is 5.56 Å². The maximum atomic E-state index is 12.2. The van der Waals surface area contributed by atoms with Crippen LogP contribution in [0.3, 0.4) is 0 Å². The Kier molecular flexibility index (Phi) is 5.04. The van der Waals surface area contributed by atoms with Gasteiger partial charge >= 0.3 is 0 Å². The van der Waals surface area contributed by atoms with E-state index in [1.807, 2.05) is 18.2 Å². The molecule has 0 atom stereocenters. The highest BCUT2D eigenvalue weighted by atomic mass is 16.7. The smallest absolute Gasteiger partial charge is 0.243 e. The van der Waals surface area contributed by atoms with Crippen molar-refractivity contribution in [2.45, 2.75) is 39.0 Å². The first-order valence-corrected chi connectivity index (χ1v) is 8.83. The minimum Gasteiger partial charge on any atom is -0.454 e. The second-order valence-corrected chi connectivity index (χ2v) is 7.88. The lowest BCUT2D eigenvalue weighted by Gasteiger charge is -2.38. The van der Waals surface area contributed by atoms with E-state index in [2.05, 4.69) is 32.2 Å². The standard InChI is InChI=1S/C20H27NO4/c1-19(2,3)7-6-18(22)21-13-20(8-10-23-11-9-20)15-4-5-16-17(12-15)25-14-24-16/h4-7,12H,8-11,13-14H2,1-3H3,(H,21,22)/b7-6+. The summed E-state index contributed by atoms with van der Waals surface area (Å²) in [6, 6.07) is 6.08. The molecule has 25 heavy (non-hydrogen) atoms. The van der Waals surface area contributed by atoms with Crippen molar-refractivity contribution in [3.63, 3.8) is 0 Å². The van der Waals surface area contributed by atoms with Gasteiger partial charge in [-0.15, -0.1) is 0 Å². The number of benzene rings is 1. The van der Waals surface area contributed by atoms with Crippen molar-refractivity contribution in [3.05, 3.63) is 35.9 Å². The SMILES string of the molecule is CC(C)(C)/C=C/C(=O)NCC1(c2ccc3c(c2)OCO3)CCOCC1. The van der Waals surface area contributed by atoms with Gasteiger partial charge in [0.1, 0.15) is 0 Å². The van der Waals surface area contributed by atoms with Gasteiger partial charge in [0.15, 0.2) is 11.5 Å². The summed E-state index contributed by atoms with van der Waals surface area (Å²) >= 11 is 0. The maximum absolute atomic E-state index is 12.2.